The maximum atomic E-state index is 4.56. The number of hydrogen-bond acceptors (Lipinski definition) is 2. The van der Waals surface area contributed by atoms with Gasteiger partial charge in [-0.1, -0.05) is 44.2 Å². The lowest BCUT2D eigenvalue weighted by Crippen LogP contribution is -2.26. The second-order valence-electron chi connectivity index (χ2n) is 6.17. The van der Waals surface area contributed by atoms with Crippen LogP contribution in [-0.2, 0) is 20.0 Å². The van der Waals surface area contributed by atoms with E-state index in [1.165, 1.54) is 16.8 Å². The van der Waals surface area contributed by atoms with Gasteiger partial charge in [0.05, 0.1) is 5.69 Å². The average Bonchev–Trinajstić information content (AvgIpc) is 2.85. The number of aromatic nitrogens is 2. The molecule has 0 aliphatic heterocycles. The Morgan fingerprint density at radius 2 is 1.86 bits per heavy atom. The number of hydrogen-bond donors (Lipinski definition) is 1. The van der Waals surface area contributed by atoms with Crippen LogP contribution in [0.3, 0.4) is 0 Å². The van der Waals surface area contributed by atoms with Crippen LogP contribution in [0.1, 0.15) is 49.9 Å². The summed E-state index contributed by atoms with van der Waals surface area (Å²) in [6, 6.07) is 11.2. The van der Waals surface area contributed by atoms with Gasteiger partial charge < -0.3 is 5.32 Å². The van der Waals surface area contributed by atoms with Crippen molar-refractivity contribution in [3.63, 3.8) is 0 Å². The quantitative estimate of drug-likeness (QED) is 0.841. The molecule has 0 aliphatic carbocycles. The molecule has 0 spiro atoms. The highest BCUT2D eigenvalue weighted by atomic mass is 15.3. The normalized spacial score (nSPS) is 12.8. The third kappa shape index (κ3) is 4.71. The van der Waals surface area contributed by atoms with Crippen LogP contribution in [0.4, 0.5) is 0 Å². The van der Waals surface area contributed by atoms with Crippen molar-refractivity contribution in [1.82, 2.24) is 15.1 Å². The topological polar surface area (TPSA) is 29.9 Å². The van der Waals surface area contributed by atoms with Gasteiger partial charge in [-0.2, -0.15) is 5.10 Å². The molecule has 0 amide bonds. The first-order valence-corrected chi connectivity index (χ1v) is 7.86. The molecule has 114 valence electrons. The van der Waals surface area contributed by atoms with Crippen molar-refractivity contribution in [2.75, 3.05) is 0 Å². The zero-order chi connectivity index (χ0) is 15.2. The van der Waals surface area contributed by atoms with E-state index in [0.29, 0.717) is 12.0 Å². The molecule has 1 atom stereocenters. The minimum atomic E-state index is 0.475. The van der Waals surface area contributed by atoms with E-state index >= 15 is 0 Å². The molecule has 1 N–H and O–H groups in total. The molecular weight excluding hydrogens is 258 g/mol. The zero-order valence-electron chi connectivity index (χ0n) is 13.6. The van der Waals surface area contributed by atoms with E-state index in [0.717, 1.165) is 19.4 Å². The number of nitrogens with zero attached hydrogens (tertiary/aromatic N) is 2. The fraction of sp³-hybridized carbons (Fsp3) is 0.500. The van der Waals surface area contributed by atoms with Gasteiger partial charge in [-0.05, 0) is 31.2 Å². The predicted octanol–water partition coefficient (Wildman–Crippen LogP) is 3.65. The Balaban J connectivity index is 1.82. The summed E-state index contributed by atoms with van der Waals surface area (Å²) in [5.41, 5.74) is 3.94. The molecule has 21 heavy (non-hydrogen) atoms. The van der Waals surface area contributed by atoms with E-state index < -0.39 is 0 Å². The van der Waals surface area contributed by atoms with Crippen molar-refractivity contribution in [2.24, 2.45) is 7.05 Å². The van der Waals surface area contributed by atoms with Crippen LogP contribution >= 0.6 is 0 Å². The van der Waals surface area contributed by atoms with Gasteiger partial charge in [0, 0.05) is 31.4 Å². The summed E-state index contributed by atoms with van der Waals surface area (Å²) < 4.78 is 1.92. The Kier molecular flexibility index (Phi) is 5.57. The third-order valence-corrected chi connectivity index (χ3v) is 3.83. The van der Waals surface area contributed by atoms with E-state index in [1.807, 2.05) is 11.7 Å². The molecule has 1 unspecified atom stereocenters. The van der Waals surface area contributed by atoms with Crippen molar-refractivity contribution < 1.29 is 0 Å². The molecule has 0 aliphatic rings. The first kappa shape index (κ1) is 15.8. The molecule has 1 aromatic carbocycles. The lowest BCUT2D eigenvalue weighted by molar-refractivity contribution is 0.512. The molecule has 0 saturated carbocycles. The first-order valence-electron chi connectivity index (χ1n) is 7.86. The van der Waals surface area contributed by atoms with E-state index in [-0.39, 0.29) is 0 Å². The van der Waals surface area contributed by atoms with Crippen LogP contribution in [0.25, 0.3) is 0 Å². The highest BCUT2D eigenvalue weighted by Gasteiger charge is 2.12. The molecule has 0 fully saturated rings. The maximum Gasteiger partial charge on any atom is 0.0694 e. The van der Waals surface area contributed by atoms with Gasteiger partial charge in [0.1, 0.15) is 0 Å². The minimum absolute atomic E-state index is 0.475. The van der Waals surface area contributed by atoms with Crippen LogP contribution in [0.5, 0.6) is 0 Å². The van der Waals surface area contributed by atoms with Crippen LogP contribution in [0.2, 0.25) is 0 Å². The number of aryl methyl sites for hydroxylation is 2. The number of rotatable bonds is 7. The molecule has 1 aromatic heterocycles. The maximum absolute atomic E-state index is 4.56. The van der Waals surface area contributed by atoms with Crippen LogP contribution in [0.15, 0.2) is 36.5 Å². The molecule has 0 saturated heterocycles. The zero-order valence-corrected chi connectivity index (χ0v) is 13.6. The van der Waals surface area contributed by atoms with E-state index in [4.69, 9.17) is 0 Å². The lowest BCUT2D eigenvalue weighted by atomic mass is 10.0. The molecule has 3 nitrogen and oxygen atoms in total. The SMILES string of the molecule is CC(CCc1ccccc1)NCc1cn(C)nc1C(C)C. The van der Waals surface area contributed by atoms with E-state index in [9.17, 15) is 0 Å². The van der Waals surface area contributed by atoms with Crippen molar-refractivity contribution >= 4 is 0 Å². The Morgan fingerprint density at radius 1 is 1.14 bits per heavy atom. The van der Waals surface area contributed by atoms with E-state index in [1.54, 1.807) is 0 Å². The van der Waals surface area contributed by atoms with Crippen LogP contribution < -0.4 is 5.32 Å². The highest BCUT2D eigenvalue weighted by molar-refractivity contribution is 5.20. The Labute approximate surface area is 128 Å². The van der Waals surface area contributed by atoms with Gasteiger partial charge in [0.15, 0.2) is 0 Å². The fourth-order valence-corrected chi connectivity index (χ4v) is 2.59. The van der Waals surface area contributed by atoms with Gasteiger partial charge in [-0.15, -0.1) is 0 Å². The largest absolute Gasteiger partial charge is 0.310 e. The summed E-state index contributed by atoms with van der Waals surface area (Å²) in [6.45, 7) is 7.56. The molecule has 1 heterocycles. The average molecular weight is 285 g/mol. The van der Waals surface area contributed by atoms with Crippen molar-refractivity contribution in [3.8, 4) is 0 Å². The van der Waals surface area contributed by atoms with Gasteiger partial charge >= 0.3 is 0 Å². The summed E-state index contributed by atoms with van der Waals surface area (Å²) in [7, 11) is 1.99. The number of benzene rings is 1. The molecule has 0 bridgehead atoms. The standard InChI is InChI=1S/C18H27N3/c1-14(2)18-17(13-21(4)20-18)12-19-15(3)10-11-16-8-6-5-7-9-16/h5-9,13-15,19H,10-12H2,1-4H3. The lowest BCUT2D eigenvalue weighted by Gasteiger charge is -2.14. The predicted molar refractivity (Wildman–Crippen MR) is 88.4 cm³/mol. The summed E-state index contributed by atoms with van der Waals surface area (Å²) in [5, 5.41) is 8.18. The van der Waals surface area contributed by atoms with Crippen molar-refractivity contribution in [1.29, 1.82) is 0 Å². The van der Waals surface area contributed by atoms with Crippen LogP contribution in [0, 0.1) is 0 Å². The summed E-state index contributed by atoms with van der Waals surface area (Å²) >= 11 is 0. The second kappa shape index (κ2) is 7.41. The molecular formula is C18H27N3. The fourth-order valence-electron chi connectivity index (χ4n) is 2.59. The number of nitrogens with one attached hydrogen (secondary N) is 1. The van der Waals surface area contributed by atoms with Gasteiger partial charge in [-0.3, -0.25) is 4.68 Å². The minimum Gasteiger partial charge on any atom is -0.310 e. The van der Waals surface area contributed by atoms with E-state index in [2.05, 4.69) is 67.7 Å². The Bertz CT molecular complexity index is 543. The van der Waals surface area contributed by atoms with Crippen molar-refractivity contribution in [2.45, 2.75) is 52.1 Å². The summed E-state index contributed by atoms with van der Waals surface area (Å²) in [6.07, 6.45) is 4.41. The smallest absolute Gasteiger partial charge is 0.0694 e. The van der Waals surface area contributed by atoms with Crippen LogP contribution in [-0.4, -0.2) is 15.8 Å². The molecule has 2 aromatic rings. The van der Waals surface area contributed by atoms with Gasteiger partial charge in [0.25, 0.3) is 0 Å². The van der Waals surface area contributed by atoms with Gasteiger partial charge in [0.2, 0.25) is 0 Å². The third-order valence-electron chi connectivity index (χ3n) is 3.83. The molecule has 3 heteroatoms. The monoisotopic (exact) mass is 285 g/mol. The summed E-state index contributed by atoms with van der Waals surface area (Å²) in [5.74, 6) is 0.475. The summed E-state index contributed by atoms with van der Waals surface area (Å²) in [4.78, 5) is 0. The molecule has 2 rings (SSSR count). The first-order chi connectivity index (χ1) is 10.1. The Hall–Kier alpha value is -1.61. The van der Waals surface area contributed by atoms with Gasteiger partial charge in [-0.25, -0.2) is 0 Å². The Morgan fingerprint density at radius 3 is 2.52 bits per heavy atom. The molecule has 0 radical (unpaired) electrons. The second-order valence-corrected chi connectivity index (χ2v) is 6.17. The van der Waals surface area contributed by atoms with Crippen molar-refractivity contribution in [3.05, 3.63) is 53.3 Å². The highest BCUT2D eigenvalue weighted by Crippen LogP contribution is 2.17.